The molecular weight excluding hydrogens is 470 g/mol. The molecule has 1 heterocycles. The van der Waals surface area contributed by atoms with E-state index in [1.165, 1.54) is 17.6 Å². The Hall–Kier alpha value is -1.88. The van der Waals surface area contributed by atoms with Crippen LogP contribution in [-0.4, -0.2) is 101 Å². The van der Waals surface area contributed by atoms with E-state index in [1.807, 2.05) is 51.0 Å². The second-order valence-corrected chi connectivity index (χ2v) is 12.0. The fourth-order valence-corrected chi connectivity index (χ4v) is 4.46. The van der Waals surface area contributed by atoms with E-state index in [2.05, 4.69) is 0 Å². The minimum Gasteiger partial charge on any atom is -0.490 e. The largest absolute Gasteiger partial charge is 0.490 e. The summed E-state index contributed by atoms with van der Waals surface area (Å²) in [5, 5.41) is 9.96. The third kappa shape index (κ3) is 8.34. The second kappa shape index (κ2) is 12.9. The smallest absolute Gasteiger partial charge is 0.258 e. The molecule has 0 saturated carbocycles. The topological polar surface area (TPSA) is 99.6 Å². The van der Waals surface area contributed by atoms with Crippen LogP contribution in [0.25, 0.3) is 0 Å². The molecule has 0 unspecified atom stereocenters. The fourth-order valence-electron chi connectivity index (χ4n) is 4.04. The van der Waals surface area contributed by atoms with Crippen molar-refractivity contribution < 1.29 is 27.8 Å². The van der Waals surface area contributed by atoms with E-state index in [9.17, 15) is 18.3 Å². The summed E-state index contributed by atoms with van der Waals surface area (Å²) in [4.78, 5) is 17.5. The number of nitrogens with zero attached hydrogens (tertiary/aromatic N) is 3. The van der Waals surface area contributed by atoms with E-state index < -0.39 is 22.2 Å². The van der Waals surface area contributed by atoms with Gasteiger partial charge in [-0.05, 0) is 51.3 Å². The third-order valence-corrected chi connectivity index (χ3v) is 7.84. The van der Waals surface area contributed by atoms with Crippen molar-refractivity contribution in [1.29, 1.82) is 0 Å². The van der Waals surface area contributed by atoms with Crippen LogP contribution in [0.15, 0.2) is 18.2 Å². The summed E-state index contributed by atoms with van der Waals surface area (Å²) in [5.74, 6) is 0.106. The van der Waals surface area contributed by atoms with Crippen LogP contribution in [-0.2, 0) is 14.8 Å². The number of likely N-dealkylation sites (N-methyl/N-ethyl adjacent to an activating group) is 1. The Balaban J connectivity index is 2.49. The van der Waals surface area contributed by atoms with Gasteiger partial charge in [0.05, 0.1) is 36.7 Å². The van der Waals surface area contributed by atoms with Gasteiger partial charge in [-0.2, -0.15) is 0 Å². The van der Waals surface area contributed by atoms with Gasteiger partial charge in [-0.15, -0.1) is 0 Å². The van der Waals surface area contributed by atoms with E-state index in [1.54, 1.807) is 11.8 Å². The molecule has 10 heteroatoms. The van der Waals surface area contributed by atoms with Gasteiger partial charge in [0.1, 0.15) is 5.75 Å². The van der Waals surface area contributed by atoms with Crippen LogP contribution in [0.4, 0.5) is 5.69 Å². The highest BCUT2D eigenvalue weighted by Gasteiger charge is 2.31. The van der Waals surface area contributed by atoms with Crippen molar-refractivity contribution >= 4 is 21.6 Å². The second-order valence-electron chi connectivity index (χ2n) is 9.92. The SMILES string of the molecule is C[C@@H]1CCCCO[C@@H](CN(C)S(C)(=O)=O)[C@H](C)CN([C@H](C)CO)C(=O)c2cc(N(C)C)ccc2O1. The average Bonchev–Trinajstić information content (AvgIpc) is 2.79. The number of carbonyl (C=O) groups excluding carboxylic acids is 1. The molecule has 4 atom stereocenters. The standard InChI is InChI=1S/C25H43N3O6S/c1-18-15-28(19(2)17-29)25(30)22-14-21(26(4)5)11-12-23(22)34-20(3)10-8-9-13-33-24(18)16-27(6)35(7,31)32/h11-12,14,18-20,24,29H,8-10,13,15-17H2,1-7H3/t18-,19-,20-,24+/m1/s1. The molecule has 200 valence electrons. The molecule has 0 bridgehead atoms. The molecule has 35 heavy (non-hydrogen) atoms. The van der Waals surface area contributed by atoms with Crippen molar-refractivity contribution in [3.05, 3.63) is 23.8 Å². The highest BCUT2D eigenvalue weighted by molar-refractivity contribution is 7.88. The molecular formula is C25H43N3O6S. The molecule has 0 radical (unpaired) electrons. The van der Waals surface area contributed by atoms with Crippen LogP contribution in [0.2, 0.25) is 0 Å². The van der Waals surface area contributed by atoms with Gasteiger partial charge in [-0.3, -0.25) is 4.79 Å². The van der Waals surface area contributed by atoms with E-state index in [4.69, 9.17) is 9.47 Å². The van der Waals surface area contributed by atoms with E-state index >= 15 is 0 Å². The van der Waals surface area contributed by atoms with Crippen molar-refractivity contribution in [1.82, 2.24) is 9.21 Å². The number of aliphatic hydroxyl groups is 1. The first-order valence-electron chi connectivity index (χ1n) is 12.3. The number of sulfonamides is 1. The first kappa shape index (κ1) is 29.4. The summed E-state index contributed by atoms with van der Waals surface area (Å²) in [6.07, 6.45) is 3.18. The Morgan fingerprint density at radius 1 is 1.20 bits per heavy atom. The third-order valence-electron chi connectivity index (χ3n) is 6.55. The highest BCUT2D eigenvalue weighted by atomic mass is 32.2. The van der Waals surface area contributed by atoms with Crippen molar-refractivity contribution in [3.63, 3.8) is 0 Å². The van der Waals surface area contributed by atoms with Gasteiger partial charge in [0, 0.05) is 52.4 Å². The van der Waals surface area contributed by atoms with Crippen LogP contribution in [0.3, 0.4) is 0 Å². The lowest BCUT2D eigenvalue weighted by atomic mass is 10.0. The summed E-state index contributed by atoms with van der Waals surface area (Å²) >= 11 is 0. The number of anilines is 1. The predicted octanol–water partition coefficient (Wildman–Crippen LogP) is 2.44. The number of ether oxygens (including phenoxy) is 2. The number of rotatable bonds is 6. The molecule has 0 fully saturated rings. The summed E-state index contributed by atoms with van der Waals surface area (Å²) < 4.78 is 37.8. The van der Waals surface area contributed by atoms with Crippen LogP contribution in [0.5, 0.6) is 5.75 Å². The molecule has 0 saturated heterocycles. The van der Waals surface area contributed by atoms with Crippen molar-refractivity contribution in [3.8, 4) is 5.75 Å². The van der Waals surface area contributed by atoms with Gasteiger partial charge in [0.25, 0.3) is 5.91 Å². The number of hydrogen-bond acceptors (Lipinski definition) is 7. The average molecular weight is 514 g/mol. The van der Waals surface area contributed by atoms with Gasteiger partial charge in [-0.1, -0.05) is 6.92 Å². The Morgan fingerprint density at radius 3 is 2.49 bits per heavy atom. The molecule has 2 rings (SSSR count). The fraction of sp³-hybridized carbons (Fsp3) is 0.720. The van der Waals surface area contributed by atoms with Crippen LogP contribution < -0.4 is 9.64 Å². The zero-order valence-electron chi connectivity index (χ0n) is 22.2. The lowest BCUT2D eigenvalue weighted by molar-refractivity contribution is -0.00828. The minimum atomic E-state index is -3.38. The van der Waals surface area contributed by atoms with Gasteiger partial charge in [-0.25, -0.2) is 12.7 Å². The van der Waals surface area contributed by atoms with Crippen molar-refractivity contribution in [2.45, 2.75) is 58.3 Å². The number of aliphatic hydroxyl groups excluding tert-OH is 1. The number of benzene rings is 1. The summed E-state index contributed by atoms with van der Waals surface area (Å²) in [5.41, 5.74) is 1.31. The van der Waals surface area contributed by atoms with E-state index in [0.29, 0.717) is 24.5 Å². The molecule has 0 aromatic heterocycles. The van der Waals surface area contributed by atoms with Gasteiger partial charge >= 0.3 is 0 Å². The normalized spacial score (nSPS) is 23.9. The van der Waals surface area contributed by atoms with Crippen LogP contribution in [0, 0.1) is 5.92 Å². The molecule has 1 aliphatic rings. The van der Waals surface area contributed by atoms with Gasteiger partial charge in [0.15, 0.2) is 0 Å². The van der Waals surface area contributed by atoms with Crippen LogP contribution >= 0.6 is 0 Å². The number of hydrogen-bond donors (Lipinski definition) is 1. The summed E-state index contributed by atoms with van der Waals surface area (Å²) in [6, 6.07) is 5.14. The minimum absolute atomic E-state index is 0.0931. The molecule has 0 aliphatic carbocycles. The molecule has 1 aliphatic heterocycles. The van der Waals surface area contributed by atoms with Crippen molar-refractivity contribution in [2.75, 3.05) is 58.6 Å². The first-order valence-corrected chi connectivity index (χ1v) is 14.1. The zero-order chi connectivity index (χ0) is 26.3. The Morgan fingerprint density at radius 2 is 1.89 bits per heavy atom. The molecule has 9 nitrogen and oxygen atoms in total. The Labute approximate surface area is 211 Å². The van der Waals surface area contributed by atoms with Crippen molar-refractivity contribution in [2.24, 2.45) is 5.92 Å². The van der Waals surface area contributed by atoms with E-state index in [-0.39, 0.29) is 31.1 Å². The Kier molecular flexibility index (Phi) is 10.8. The van der Waals surface area contributed by atoms with Gasteiger partial charge < -0.3 is 24.4 Å². The molecule has 1 amide bonds. The zero-order valence-corrected chi connectivity index (χ0v) is 23.0. The number of amides is 1. The molecule has 0 spiro atoms. The molecule has 1 aromatic rings. The maximum atomic E-state index is 13.9. The highest BCUT2D eigenvalue weighted by Crippen LogP contribution is 2.29. The quantitative estimate of drug-likeness (QED) is 0.624. The maximum Gasteiger partial charge on any atom is 0.258 e. The summed E-state index contributed by atoms with van der Waals surface area (Å²) in [6.45, 7) is 6.51. The first-order chi connectivity index (χ1) is 16.3. The monoisotopic (exact) mass is 513 g/mol. The summed E-state index contributed by atoms with van der Waals surface area (Å²) in [7, 11) is 1.98. The van der Waals surface area contributed by atoms with E-state index in [0.717, 1.165) is 24.9 Å². The lowest BCUT2D eigenvalue weighted by Gasteiger charge is -2.35. The van der Waals surface area contributed by atoms with Crippen LogP contribution in [0.1, 0.15) is 50.4 Å². The Bertz CT molecular complexity index is 939. The lowest BCUT2D eigenvalue weighted by Crippen LogP contribution is -2.47. The van der Waals surface area contributed by atoms with Gasteiger partial charge in [0.2, 0.25) is 10.0 Å². The predicted molar refractivity (Wildman–Crippen MR) is 139 cm³/mol. The molecule has 1 aromatic carbocycles. The molecule has 1 N–H and O–H groups in total. The maximum absolute atomic E-state index is 13.9. The number of fused-ring (bicyclic) bond motifs is 1. The number of carbonyl (C=O) groups is 1.